The minimum Gasteiger partial charge on any atom is -0.372 e. The number of carbonyl (C=O) groups is 1. The summed E-state index contributed by atoms with van der Waals surface area (Å²) in [6, 6.07) is 9.60. The molecule has 3 rings (SSSR count). The summed E-state index contributed by atoms with van der Waals surface area (Å²) >= 11 is 0. The van der Waals surface area contributed by atoms with Crippen LogP contribution in [0.5, 0.6) is 0 Å². The van der Waals surface area contributed by atoms with Crippen LogP contribution in [0.15, 0.2) is 36.7 Å². The Balaban J connectivity index is 1.55. The lowest BCUT2D eigenvalue weighted by atomic mass is 10.1. The number of aromatic nitrogens is 3. The highest BCUT2D eigenvalue weighted by molar-refractivity contribution is 5.74. The van der Waals surface area contributed by atoms with Crippen molar-refractivity contribution < 1.29 is 9.53 Å². The van der Waals surface area contributed by atoms with Crippen LogP contribution in [0.4, 0.5) is 4.79 Å². The van der Waals surface area contributed by atoms with E-state index in [0.717, 1.165) is 30.8 Å². The van der Waals surface area contributed by atoms with Crippen molar-refractivity contribution in [3.05, 3.63) is 48.0 Å². The number of hydrogen-bond donors (Lipinski definition) is 2. The molecule has 0 radical (unpaired) electrons. The summed E-state index contributed by atoms with van der Waals surface area (Å²) in [5.41, 5.74) is 1.05. The van der Waals surface area contributed by atoms with Gasteiger partial charge in [0.05, 0.1) is 12.1 Å². The smallest absolute Gasteiger partial charge is 0.315 e. The molecule has 2 amide bonds. The van der Waals surface area contributed by atoms with Crippen LogP contribution in [0.1, 0.15) is 43.3 Å². The minimum absolute atomic E-state index is 0.0940. The third-order valence-electron chi connectivity index (χ3n) is 4.11. The predicted octanol–water partition coefficient (Wildman–Crippen LogP) is 2.19. The normalized spacial score (nSPS) is 17.8. The Morgan fingerprint density at radius 3 is 3.04 bits per heavy atom. The average Bonchev–Trinajstić information content (AvgIpc) is 3.09. The van der Waals surface area contributed by atoms with E-state index in [1.54, 1.807) is 0 Å². The first kappa shape index (κ1) is 16.4. The van der Waals surface area contributed by atoms with Crippen LogP contribution in [0, 0.1) is 0 Å². The van der Waals surface area contributed by atoms with Gasteiger partial charge < -0.3 is 15.4 Å². The van der Waals surface area contributed by atoms with Crippen LogP contribution in [-0.4, -0.2) is 33.9 Å². The standard InChI is InChI=1S/C17H23N5O2/c1-2-24-15(13-7-4-3-5-8-13)11-18-17(23)21-14-9-6-10-22-16(14)19-12-20-22/h3-5,7-8,12,14-15H,2,6,9-11H2,1H3,(H2,18,21,23)/t14-,15+/m0/s1. The summed E-state index contributed by atoms with van der Waals surface area (Å²) < 4.78 is 7.59. The molecule has 7 heteroatoms. The maximum atomic E-state index is 12.2. The van der Waals surface area contributed by atoms with E-state index in [2.05, 4.69) is 20.7 Å². The van der Waals surface area contributed by atoms with Gasteiger partial charge in [-0.2, -0.15) is 5.10 Å². The zero-order valence-corrected chi connectivity index (χ0v) is 13.8. The lowest BCUT2D eigenvalue weighted by Gasteiger charge is -2.24. The number of nitrogens with one attached hydrogen (secondary N) is 2. The highest BCUT2D eigenvalue weighted by Crippen LogP contribution is 2.22. The van der Waals surface area contributed by atoms with Crippen LogP contribution in [-0.2, 0) is 11.3 Å². The van der Waals surface area contributed by atoms with Crippen molar-refractivity contribution in [2.45, 2.75) is 38.5 Å². The number of aryl methyl sites for hydroxylation is 1. The molecule has 1 aromatic heterocycles. The number of fused-ring (bicyclic) bond motifs is 1. The summed E-state index contributed by atoms with van der Waals surface area (Å²) in [7, 11) is 0. The first-order chi connectivity index (χ1) is 11.8. The molecule has 24 heavy (non-hydrogen) atoms. The van der Waals surface area contributed by atoms with E-state index in [-0.39, 0.29) is 18.2 Å². The van der Waals surface area contributed by atoms with Crippen molar-refractivity contribution in [1.82, 2.24) is 25.4 Å². The topological polar surface area (TPSA) is 81.1 Å². The van der Waals surface area contributed by atoms with E-state index in [1.807, 2.05) is 41.9 Å². The molecule has 0 aliphatic carbocycles. The number of benzene rings is 1. The number of ether oxygens (including phenoxy) is 1. The summed E-state index contributed by atoms with van der Waals surface area (Å²) in [4.78, 5) is 16.5. The summed E-state index contributed by atoms with van der Waals surface area (Å²) in [6.07, 6.45) is 3.23. The molecule has 1 aliphatic rings. The van der Waals surface area contributed by atoms with Gasteiger partial charge in [-0.3, -0.25) is 0 Å². The zero-order chi connectivity index (χ0) is 16.8. The van der Waals surface area contributed by atoms with Crippen molar-refractivity contribution in [1.29, 1.82) is 0 Å². The maximum Gasteiger partial charge on any atom is 0.315 e. The van der Waals surface area contributed by atoms with Crippen molar-refractivity contribution in [3.8, 4) is 0 Å². The maximum absolute atomic E-state index is 12.2. The van der Waals surface area contributed by atoms with Gasteiger partial charge in [0.1, 0.15) is 12.2 Å². The molecule has 0 fully saturated rings. The Morgan fingerprint density at radius 2 is 2.25 bits per heavy atom. The fourth-order valence-corrected chi connectivity index (χ4v) is 2.96. The quantitative estimate of drug-likeness (QED) is 0.851. The first-order valence-corrected chi connectivity index (χ1v) is 8.36. The zero-order valence-electron chi connectivity index (χ0n) is 13.8. The molecule has 1 aliphatic heterocycles. The van der Waals surface area contributed by atoms with Crippen molar-refractivity contribution in [2.24, 2.45) is 0 Å². The SMILES string of the molecule is CCO[C@H](CNC(=O)N[C@H]1CCCn2ncnc21)c1ccccc1. The number of hydrogen-bond acceptors (Lipinski definition) is 4. The lowest BCUT2D eigenvalue weighted by Crippen LogP contribution is -2.41. The van der Waals surface area contributed by atoms with Gasteiger partial charge in [-0.15, -0.1) is 0 Å². The van der Waals surface area contributed by atoms with E-state index in [9.17, 15) is 4.79 Å². The minimum atomic E-state index is -0.211. The lowest BCUT2D eigenvalue weighted by molar-refractivity contribution is 0.0638. The molecule has 0 saturated carbocycles. The van der Waals surface area contributed by atoms with Crippen LogP contribution in [0.25, 0.3) is 0 Å². The van der Waals surface area contributed by atoms with Gasteiger partial charge in [-0.05, 0) is 25.3 Å². The molecule has 0 saturated heterocycles. The number of rotatable bonds is 6. The average molecular weight is 329 g/mol. The molecule has 128 valence electrons. The third-order valence-corrected chi connectivity index (χ3v) is 4.11. The second-order valence-corrected chi connectivity index (χ2v) is 5.75. The Bertz CT molecular complexity index is 658. The van der Waals surface area contributed by atoms with E-state index in [4.69, 9.17) is 4.74 Å². The molecule has 2 N–H and O–H groups in total. The highest BCUT2D eigenvalue weighted by Gasteiger charge is 2.24. The largest absolute Gasteiger partial charge is 0.372 e. The second-order valence-electron chi connectivity index (χ2n) is 5.75. The highest BCUT2D eigenvalue weighted by atomic mass is 16.5. The van der Waals surface area contributed by atoms with Gasteiger partial charge in [-0.1, -0.05) is 30.3 Å². The molecular formula is C17H23N5O2. The summed E-state index contributed by atoms with van der Waals surface area (Å²) in [5, 5.41) is 10.1. The van der Waals surface area contributed by atoms with E-state index in [0.29, 0.717) is 13.2 Å². The Hall–Kier alpha value is -2.41. The molecule has 7 nitrogen and oxygen atoms in total. The third kappa shape index (κ3) is 3.91. The Kier molecular flexibility index (Phi) is 5.43. The Morgan fingerprint density at radius 1 is 1.42 bits per heavy atom. The monoisotopic (exact) mass is 329 g/mol. The molecule has 2 atom stereocenters. The fraction of sp³-hybridized carbons (Fsp3) is 0.471. The first-order valence-electron chi connectivity index (χ1n) is 8.36. The van der Waals surface area contributed by atoms with E-state index >= 15 is 0 Å². The van der Waals surface area contributed by atoms with Crippen LogP contribution >= 0.6 is 0 Å². The molecular weight excluding hydrogens is 306 g/mol. The van der Waals surface area contributed by atoms with Crippen molar-refractivity contribution >= 4 is 6.03 Å². The molecule has 2 aromatic rings. The summed E-state index contributed by atoms with van der Waals surface area (Å²) in [5.74, 6) is 0.820. The predicted molar refractivity (Wildman–Crippen MR) is 89.3 cm³/mol. The molecule has 0 unspecified atom stereocenters. The van der Waals surface area contributed by atoms with Gasteiger partial charge in [-0.25, -0.2) is 14.5 Å². The van der Waals surface area contributed by atoms with Gasteiger partial charge in [0.15, 0.2) is 0 Å². The number of nitrogens with zero attached hydrogens (tertiary/aromatic N) is 3. The van der Waals surface area contributed by atoms with Gasteiger partial charge in [0, 0.05) is 19.7 Å². The van der Waals surface area contributed by atoms with E-state index in [1.165, 1.54) is 6.33 Å². The molecule has 2 heterocycles. The second kappa shape index (κ2) is 7.92. The summed E-state index contributed by atoms with van der Waals surface area (Å²) in [6.45, 7) is 3.82. The van der Waals surface area contributed by atoms with E-state index < -0.39 is 0 Å². The van der Waals surface area contributed by atoms with Gasteiger partial charge >= 0.3 is 6.03 Å². The number of amides is 2. The number of carbonyl (C=O) groups excluding carboxylic acids is 1. The van der Waals surface area contributed by atoms with Crippen LogP contribution in [0.2, 0.25) is 0 Å². The van der Waals surface area contributed by atoms with Crippen molar-refractivity contribution in [2.75, 3.05) is 13.2 Å². The molecule has 0 spiro atoms. The molecule has 0 bridgehead atoms. The van der Waals surface area contributed by atoms with Gasteiger partial charge in [0.25, 0.3) is 0 Å². The molecule has 1 aromatic carbocycles. The van der Waals surface area contributed by atoms with Crippen molar-refractivity contribution in [3.63, 3.8) is 0 Å². The van der Waals surface area contributed by atoms with Crippen LogP contribution < -0.4 is 10.6 Å². The number of urea groups is 1. The Labute approximate surface area is 141 Å². The van der Waals surface area contributed by atoms with Crippen LogP contribution in [0.3, 0.4) is 0 Å². The van der Waals surface area contributed by atoms with Gasteiger partial charge in [0.2, 0.25) is 0 Å². The fourth-order valence-electron chi connectivity index (χ4n) is 2.96.